The highest BCUT2D eigenvalue weighted by atomic mass is 19.1. The van der Waals surface area contributed by atoms with Gasteiger partial charge in [-0.1, -0.05) is 0 Å². The third-order valence-corrected chi connectivity index (χ3v) is 2.23. The molecule has 0 spiro atoms. The van der Waals surface area contributed by atoms with Crippen LogP contribution in [0.3, 0.4) is 0 Å². The Balaban J connectivity index is 2.21. The van der Waals surface area contributed by atoms with Crippen molar-refractivity contribution in [3.63, 3.8) is 0 Å². The quantitative estimate of drug-likeness (QED) is 0.552. The molecule has 1 amide bonds. The first-order valence-electron chi connectivity index (χ1n) is 4.95. The largest absolute Gasteiger partial charge is 0.461 e. The number of carbonyl (C=O) groups is 1. The van der Waals surface area contributed by atoms with Crippen molar-refractivity contribution in [3.8, 4) is 11.6 Å². The number of nitrogens with zero attached hydrogens (tertiary/aromatic N) is 4. The Morgan fingerprint density at radius 3 is 3.11 bits per heavy atom. The normalized spacial score (nSPS) is 10.7. The molecule has 3 heterocycles. The molecular weight excluding hydrogens is 241 g/mol. The molecule has 3 rings (SSSR count). The van der Waals surface area contributed by atoms with E-state index in [1.165, 1.54) is 23.2 Å². The number of halogens is 1. The van der Waals surface area contributed by atoms with Crippen LogP contribution in [-0.4, -0.2) is 25.7 Å². The first kappa shape index (κ1) is 10.4. The number of hydrogen-bond acceptors (Lipinski definition) is 5. The van der Waals surface area contributed by atoms with Gasteiger partial charge in [0.2, 0.25) is 5.82 Å². The van der Waals surface area contributed by atoms with Crippen LogP contribution < -0.4 is 5.32 Å². The number of rotatable bonds is 2. The summed E-state index contributed by atoms with van der Waals surface area (Å²) in [5.74, 6) is 0.786. The third kappa shape index (κ3) is 1.69. The molecule has 3 aromatic heterocycles. The second kappa shape index (κ2) is 3.91. The van der Waals surface area contributed by atoms with Crippen molar-refractivity contribution in [1.82, 2.24) is 19.6 Å². The summed E-state index contributed by atoms with van der Waals surface area (Å²) in [6.07, 6.45) is 1.10. The van der Waals surface area contributed by atoms with Crippen LogP contribution >= 0.6 is 0 Å². The van der Waals surface area contributed by atoms with Gasteiger partial charge in [0.05, 0.1) is 6.26 Å². The SMILES string of the molecule is O=C(F)Nc1cc2ncnn2c(-c2ccco2)n1. The molecule has 7 nitrogen and oxygen atoms in total. The zero-order chi connectivity index (χ0) is 12.5. The van der Waals surface area contributed by atoms with Gasteiger partial charge in [-0.2, -0.15) is 9.61 Å². The first-order chi connectivity index (χ1) is 8.74. The predicted molar refractivity (Wildman–Crippen MR) is 58.6 cm³/mol. The number of aromatic nitrogens is 4. The lowest BCUT2D eigenvalue weighted by Gasteiger charge is -2.04. The lowest BCUT2D eigenvalue weighted by Crippen LogP contribution is -2.07. The summed E-state index contributed by atoms with van der Waals surface area (Å²) in [7, 11) is 0. The Hall–Kier alpha value is -2.77. The van der Waals surface area contributed by atoms with Gasteiger partial charge in [0.1, 0.15) is 12.1 Å². The molecule has 0 saturated heterocycles. The van der Waals surface area contributed by atoms with E-state index in [9.17, 15) is 9.18 Å². The Morgan fingerprint density at radius 2 is 2.39 bits per heavy atom. The first-order valence-corrected chi connectivity index (χ1v) is 4.95. The molecular formula is C10H6FN5O2. The molecule has 0 radical (unpaired) electrons. The van der Waals surface area contributed by atoms with Crippen LogP contribution in [0.4, 0.5) is 15.0 Å². The number of amides is 1. The zero-order valence-electron chi connectivity index (χ0n) is 8.87. The summed E-state index contributed by atoms with van der Waals surface area (Å²) in [6, 6.07) is 4.75. The van der Waals surface area contributed by atoms with E-state index in [0.29, 0.717) is 17.2 Å². The van der Waals surface area contributed by atoms with Crippen molar-refractivity contribution in [3.05, 3.63) is 30.8 Å². The van der Waals surface area contributed by atoms with Gasteiger partial charge in [-0.05, 0) is 12.1 Å². The minimum absolute atomic E-state index is 0.0365. The fraction of sp³-hybridized carbons (Fsp3) is 0. The molecule has 0 aliphatic heterocycles. The van der Waals surface area contributed by atoms with Crippen molar-refractivity contribution < 1.29 is 13.6 Å². The molecule has 0 atom stereocenters. The summed E-state index contributed by atoms with van der Waals surface area (Å²) >= 11 is 0. The summed E-state index contributed by atoms with van der Waals surface area (Å²) < 4.78 is 19.0. The minimum Gasteiger partial charge on any atom is -0.461 e. The number of anilines is 1. The summed E-state index contributed by atoms with van der Waals surface area (Å²) in [4.78, 5) is 18.4. The maximum Gasteiger partial charge on any atom is 0.403 e. The summed E-state index contributed by atoms with van der Waals surface area (Å²) in [6.45, 7) is 0. The maximum atomic E-state index is 12.3. The smallest absolute Gasteiger partial charge is 0.403 e. The second-order valence-electron chi connectivity index (χ2n) is 3.37. The van der Waals surface area contributed by atoms with Gasteiger partial charge in [-0.15, -0.1) is 4.39 Å². The lowest BCUT2D eigenvalue weighted by molar-refractivity contribution is 0.234. The van der Waals surface area contributed by atoms with Crippen LogP contribution in [0.1, 0.15) is 0 Å². The van der Waals surface area contributed by atoms with Crippen molar-refractivity contribution in [1.29, 1.82) is 0 Å². The van der Waals surface area contributed by atoms with Crippen molar-refractivity contribution in [2.24, 2.45) is 0 Å². The van der Waals surface area contributed by atoms with Gasteiger partial charge in [-0.25, -0.2) is 14.8 Å². The second-order valence-corrected chi connectivity index (χ2v) is 3.37. The van der Waals surface area contributed by atoms with Crippen LogP contribution in [-0.2, 0) is 0 Å². The molecule has 1 N–H and O–H groups in total. The van der Waals surface area contributed by atoms with Crippen molar-refractivity contribution >= 4 is 17.6 Å². The fourth-order valence-corrected chi connectivity index (χ4v) is 1.56. The average Bonchev–Trinajstić information content (AvgIpc) is 2.97. The van der Waals surface area contributed by atoms with E-state index in [2.05, 4.69) is 15.1 Å². The van der Waals surface area contributed by atoms with Gasteiger partial charge in [0.15, 0.2) is 11.4 Å². The lowest BCUT2D eigenvalue weighted by atomic mass is 10.4. The van der Waals surface area contributed by atoms with Gasteiger partial charge in [-0.3, -0.25) is 5.32 Å². The van der Waals surface area contributed by atoms with E-state index in [1.54, 1.807) is 12.1 Å². The molecule has 18 heavy (non-hydrogen) atoms. The zero-order valence-corrected chi connectivity index (χ0v) is 8.87. The van der Waals surface area contributed by atoms with Gasteiger partial charge in [0, 0.05) is 6.07 Å². The van der Waals surface area contributed by atoms with Gasteiger partial charge < -0.3 is 4.42 Å². The third-order valence-electron chi connectivity index (χ3n) is 2.23. The number of carbonyl (C=O) groups excluding carboxylic acids is 1. The maximum absolute atomic E-state index is 12.3. The fourth-order valence-electron chi connectivity index (χ4n) is 1.56. The number of furan rings is 1. The Labute approximate surface area is 99.3 Å². The van der Waals surface area contributed by atoms with E-state index in [1.807, 2.05) is 5.32 Å². The highest BCUT2D eigenvalue weighted by Gasteiger charge is 2.13. The Morgan fingerprint density at radius 1 is 1.50 bits per heavy atom. The van der Waals surface area contributed by atoms with Crippen LogP contribution in [0.15, 0.2) is 35.2 Å². The van der Waals surface area contributed by atoms with E-state index in [4.69, 9.17) is 4.42 Å². The van der Waals surface area contributed by atoms with E-state index in [0.717, 1.165) is 0 Å². The molecule has 0 aliphatic carbocycles. The summed E-state index contributed by atoms with van der Waals surface area (Å²) in [5.41, 5.74) is 0.417. The summed E-state index contributed by atoms with van der Waals surface area (Å²) in [5, 5.41) is 5.92. The van der Waals surface area contributed by atoms with E-state index >= 15 is 0 Å². The van der Waals surface area contributed by atoms with Gasteiger partial charge >= 0.3 is 6.16 Å². The molecule has 3 aromatic rings. The highest BCUT2D eigenvalue weighted by Crippen LogP contribution is 2.20. The molecule has 0 aliphatic rings. The van der Waals surface area contributed by atoms with E-state index < -0.39 is 6.16 Å². The number of nitrogens with one attached hydrogen (secondary N) is 1. The van der Waals surface area contributed by atoms with Crippen molar-refractivity contribution in [2.75, 3.05) is 5.32 Å². The standard InChI is InChI=1S/C10H6FN5O2/c11-10(17)15-7-4-8-12-5-13-16(8)9(14-7)6-2-1-3-18-6/h1-5H,(H,15,17). The molecule has 90 valence electrons. The molecule has 0 unspecified atom stereocenters. The monoisotopic (exact) mass is 247 g/mol. The molecule has 0 bridgehead atoms. The molecule has 0 saturated carbocycles. The average molecular weight is 247 g/mol. The van der Waals surface area contributed by atoms with Gasteiger partial charge in [0.25, 0.3) is 0 Å². The van der Waals surface area contributed by atoms with Crippen LogP contribution in [0.5, 0.6) is 0 Å². The topological polar surface area (TPSA) is 85.3 Å². The molecule has 0 aromatic carbocycles. The predicted octanol–water partition coefficient (Wildman–Crippen LogP) is 1.89. The minimum atomic E-state index is -1.70. The van der Waals surface area contributed by atoms with Crippen molar-refractivity contribution in [2.45, 2.75) is 0 Å². The van der Waals surface area contributed by atoms with Crippen LogP contribution in [0.2, 0.25) is 0 Å². The van der Waals surface area contributed by atoms with Crippen LogP contribution in [0, 0.1) is 0 Å². The highest BCUT2D eigenvalue weighted by molar-refractivity contribution is 5.83. The van der Waals surface area contributed by atoms with Crippen LogP contribution in [0.25, 0.3) is 17.2 Å². The number of fused-ring (bicyclic) bond motifs is 1. The molecule has 0 fully saturated rings. The Bertz CT molecular complexity index is 706. The molecule has 8 heteroatoms. The number of hydrogen-bond donors (Lipinski definition) is 1. The van der Waals surface area contributed by atoms with E-state index in [-0.39, 0.29) is 5.82 Å². The Kier molecular flexibility index (Phi) is 2.26.